The number of piperazine rings is 1. The number of unbranched alkanes of at least 4 members (excludes halogenated alkanes) is 1. The third-order valence-electron chi connectivity index (χ3n) is 7.50. The first-order valence-corrected chi connectivity index (χ1v) is 13.3. The van der Waals surface area contributed by atoms with Crippen LogP contribution in [0, 0.1) is 18.7 Å². The molecule has 1 N–H and O–H groups in total. The van der Waals surface area contributed by atoms with Crippen LogP contribution in [-0.4, -0.2) is 65.9 Å². The van der Waals surface area contributed by atoms with Crippen molar-refractivity contribution >= 4 is 11.9 Å². The maximum absolute atomic E-state index is 13.9. The number of carbonyl (C=O) groups excluding carboxylic acids is 2. The van der Waals surface area contributed by atoms with Crippen molar-refractivity contribution in [1.29, 1.82) is 0 Å². The molecule has 0 aromatic heterocycles. The van der Waals surface area contributed by atoms with Gasteiger partial charge in [0, 0.05) is 45.8 Å². The molecule has 0 aliphatic carbocycles. The van der Waals surface area contributed by atoms with Gasteiger partial charge >= 0.3 is 6.03 Å². The second-order valence-corrected chi connectivity index (χ2v) is 10.1. The standard InChI is InChI=1S/C29H39FN4O2/c1-3-4-14-31-29(36)34-21-25(11-13-27(34)24-10-12-26(30)22(2)19-24)28(35)33-17-15-32(16-18-33)20-23-8-6-5-7-9-23/h5-10,12,19,25,27H,3-4,11,13-18,20-21H2,1-2H3,(H,31,36). The van der Waals surface area contributed by atoms with Gasteiger partial charge in [-0.05, 0) is 48.9 Å². The van der Waals surface area contributed by atoms with Crippen LogP contribution in [-0.2, 0) is 11.3 Å². The summed E-state index contributed by atoms with van der Waals surface area (Å²) in [6.07, 6.45) is 3.33. The summed E-state index contributed by atoms with van der Waals surface area (Å²) < 4.78 is 13.9. The number of urea groups is 1. The topological polar surface area (TPSA) is 55.9 Å². The monoisotopic (exact) mass is 494 g/mol. The van der Waals surface area contributed by atoms with Crippen molar-refractivity contribution in [3.05, 3.63) is 71.0 Å². The minimum absolute atomic E-state index is 0.138. The molecule has 2 fully saturated rings. The van der Waals surface area contributed by atoms with Crippen LogP contribution in [0.1, 0.15) is 55.3 Å². The van der Waals surface area contributed by atoms with Gasteiger partial charge in [-0.25, -0.2) is 9.18 Å². The molecular weight excluding hydrogens is 455 g/mol. The maximum atomic E-state index is 13.9. The van der Waals surface area contributed by atoms with Gasteiger partial charge in [-0.3, -0.25) is 9.69 Å². The first-order chi connectivity index (χ1) is 17.5. The second kappa shape index (κ2) is 12.3. The van der Waals surface area contributed by atoms with Crippen molar-refractivity contribution in [1.82, 2.24) is 20.0 Å². The van der Waals surface area contributed by atoms with Crippen LogP contribution < -0.4 is 5.32 Å². The SMILES string of the molecule is CCCCNC(=O)N1CC(C(=O)N2CCN(Cc3ccccc3)CC2)CCC1c1ccc(F)c(C)c1. The van der Waals surface area contributed by atoms with E-state index in [4.69, 9.17) is 0 Å². The van der Waals surface area contributed by atoms with E-state index >= 15 is 0 Å². The van der Waals surface area contributed by atoms with E-state index in [1.54, 1.807) is 17.9 Å². The highest BCUT2D eigenvalue weighted by molar-refractivity contribution is 5.81. The van der Waals surface area contributed by atoms with Crippen LogP contribution in [0.5, 0.6) is 0 Å². The maximum Gasteiger partial charge on any atom is 0.317 e. The zero-order chi connectivity index (χ0) is 25.5. The lowest BCUT2D eigenvalue weighted by Crippen LogP contribution is -2.54. The third kappa shape index (κ3) is 6.44. The molecule has 0 spiro atoms. The van der Waals surface area contributed by atoms with Gasteiger partial charge < -0.3 is 15.1 Å². The van der Waals surface area contributed by atoms with E-state index in [0.29, 0.717) is 38.2 Å². The molecule has 36 heavy (non-hydrogen) atoms. The van der Waals surface area contributed by atoms with Gasteiger partial charge in [0.1, 0.15) is 5.82 Å². The van der Waals surface area contributed by atoms with Gasteiger partial charge in [-0.1, -0.05) is 55.8 Å². The number of piperidine rings is 1. The van der Waals surface area contributed by atoms with Gasteiger partial charge in [0.2, 0.25) is 5.91 Å². The molecular formula is C29H39FN4O2. The predicted molar refractivity (Wildman–Crippen MR) is 140 cm³/mol. The molecule has 0 bridgehead atoms. The number of hydrogen-bond donors (Lipinski definition) is 1. The van der Waals surface area contributed by atoms with E-state index in [2.05, 4.69) is 41.4 Å². The summed E-state index contributed by atoms with van der Waals surface area (Å²) in [5.74, 6) is -0.303. The lowest BCUT2D eigenvalue weighted by atomic mass is 9.87. The highest BCUT2D eigenvalue weighted by Gasteiger charge is 2.37. The van der Waals surface area contributed by atoms with Crippen LogP contribution in [0.15, 0.2) is 48.5 Å². The quantitative estimate of drug-likeness (QED) is 0.566. The molecule has 2 aliphatic heterocycles. The van der Waals surface area contributed by atoms with Crippen molar-refractivity contribution < 1.29 is 14.0 Å². The lowest BCUT2D eigenvalue weighted by Gasteiger charge is -2.42. The van der Waals surface area contributed by atoms with E-state index in [9.17, 15) is 14.0 Å². The Bertz CT molecular complexity index is 1020. The molecule has 4 rings (SSSR count). The number of nitrogens with one attached hydrogen (secondary N) is 1. The Kier molecular flexibility index (Phi) is 8.97. The molecule has 2 aromatic carbocycles. The van der Waals surface area contributed by atoms with Crippen LogP contribution in [0.2, 0.25) is 0 Å². The minimum Gasteiger partial charge on any atom is -0.340 e. The first-order valence-electron chi connectivity index (χ1n) is 13.3. The number of benzene rings is 2. The van der Waals surface area contributed by atoms with E-state index in [0.717, 1.165) is 44.5 Å². The highest BCUT2D eigenvalue weighted by Crippen LogP contribution is 2.35. The van der Waals surface area contributed by atoms with Crippen molar-refractivity contribution in [2.45, 2.75) is 52.1 Å². The Morgan fingerprint density at radius 1 is 1.03 bits per heavy atom. The predicted octanol–water partition coefficient (Wildman–Crippen LogP) is 4.74. The van der Waals surface area contributed by atoms with Gasteiger partial charge in [-0.2, -0.15) is 0 Å². The molecule has 3 amide bonds. The molecule has 2 unspecified atom stereocenters. The lowest BCUT2D eigenvalue weighted by molar-refractivity contribution is -0.139. The Morgan fingerprint density at radius 3 is 2.47 bits per heavy atom. The normalized spacial score (nSPS) is 20.9. The van der Waals surface area contributed by atoms with Crippen molar-refractivity contribution in [3.63, 3.8) is 0 Å². The number of hydrogen-bond acceptors (Lipinski definition) is 3. The first kappa shape index (κ1) is 26.1. The van der Waals surface area contributed by atoms with Crippen molar-refractivity contribution in [2.75, 3.05) is 39.3 Å². The average Bonchev–Trinajstić information content (AvgIpc) is 2.90. The summed E-state index contributed by atoms with van der Waals surface area (Å²) >= 11 is 0. The fourth-order valence-corrected chi connectivity index (χ4v) is 5.32. The molecule has 194 valence electrons. The number of likely N-dealkylation sites (tertiary alicyclic amines) is 1. The van der Waals surface area contributed by atoms with E-state index in [1.807, 2.05) is 17.0 Å². The Morgan fingerprint density at radius 2 is 1.78 bits per heavy atom. The molecule has 0 radical (unpaired) electrons. The Labute approximate surface area is 214 Å². The average molecular weight is 495 g/mol. The number of aryl methyl sites for hydroxylation is 1. The molecule has 2 aliphatic rings. The summed E-state index contributed by atoms with van der Waals surface area (Å²) in [5, 5.41) is 3.03. The smallest absolute Gasteiger partial charge is 0.317 e. The van der Waals surface area contributed by atoms with Gasteiger partial charge in [-0.15, -0.1) is 0 Å². The van der Waals surface area contributed by atoms with Crippen LogP contribution in [0.25, 0.3) is 0 Å². The number of amides is 3. The van der Waals surface area contributed by atoms with Crippen LogP contribution in [0.4, 0.5) is 9.18 Å². The van der Waals surface area contributed by atoms with Crippen molar-refractivity contribution in [3.8, 4) is 0 Å². The number of nitrogens with zero attached hydrogens (tertiary/aromatic N) is 3. The largest absolute Gasteiger partial charge is 0.340 e. The summed E-state index contributed by atoms with van der Waals surface area (Å²) in [7, 11) is 0. The molecule has 0 saturated carbocycles. The zero-order valence-electron chi connectivity index (χ0n) is 21.6. The summed E-state index contributed by atoms with van der Waals surface area (Å²) in [6.45, 7) is 8.87. The molecule has 2 heterocycles. The second-order valence-electron chi connectivity index (χ2n) is 10.1. The van der Waals surface area contributed by atoms with E-state index < -0.39 is 0 Å². The summed E-state index contributed by atoms with van der Waals surface area (Å²) in [4.78, 5) is 32.8. The van der Waals surface area contributed by atoms with Gasteiger partial charge in [0.15, 0.2) is 0 Å². The molecule has 2 aromatic rings. The van der Waals surface area contributed by atoms with Crippen molar-refractivity contribution in [2.24, 2.45) is 5.92 Å². The number of carbonyl (C=O) groups is 2. The number of halogens is 1. The van der Waals surface area contributed by atoms with Crippen LogP contribution in [0.3, 0.4) is 0 Å². The molecule has 2 saturated heterocycles. The molecule has 7 heteroatoms. The highest BCUT2D eigenvalue weighted by atomic mass is 19.1. The third-order valence-corrected chi connectivity index (χ3v) is 7.50. The number of rotatable bonds is 7. The van der Waals surface area contributed by atoms with E-state index in [-0.39, 0.29) is 29.7 Å². The fraction of sp³-hybridized carbons (Fsp3) is 0.517. The molecule has 6 nitrogen and oxygen atoms in total. The Balaban J connectivity index is 1.39. The van der Waals surface area contributed by atoms with Crippen LogP contribution >= 0.6 is 0 Å². The molecule has 2 atom stereocenters. The minimum atomic E-state index is -0.243. The Hall–Kier alpha value is -2.93. The van der Waals surface area contributed by atoms with Gasteiger partial charge in [0.05, 0.1) is 12.0 Å². The zero-order valence-corrected chi connectivity index (χ0v) is 21.6. The van der Waals surface area contributed by atoms with E-state index in [1.165, 1.54) is 11.6 Å². The van der Waals surface area contributed by atoms with Gasteiger partial charge in [0.25, 0.3) is 0 Å². The fourth-order valence-electron chi connectivity index (χ4n) is 5.32. The summed E-state index contributed by atoms with van der Waals surface area (Å²) in [6, 6.07) is 15.2. The summed E-state index contributed by atoms with van der Waals surface area (Å²) in [5.41, 5.74) is 2.79.